The van der Waals surface area contributed by atoms with Gasteiger partial charge in [0.1, 0.15) is 12.0 Å². The minimum Gasteiger partial charge on any atom is -0.444 e. The van der Waals surface area contributed by atoms with E-state index in [-0.39, 0.29) is 18.7 Å². The van der Waals surface area contributed by atoms with Gasteiger partial charge in [0.2, 0.25) is 0 Å². The third-order valence-electron chi connectivity index (χ3n) is 7.39. The molecule has 1 aliphatic carbocycles. The van der Waals surface area contributed by atoms with Gasteiger partial charge in [-0.25, -0.2) is 14.2 Å². The number of esters is 1. The van der Waals surface area contributed by atoms with Crippen molar-refractivity contribution in [2.75, 3.05) is 5.75 Å². The molecular weight excluding hydrogens is 508 g/mol. The van der Waals surface area contributed by atoms with Gasteiger partial charge in [-0.1, -0.05) is 30.1 Å². The average Bonchev–Trinajstić information content (AvgIpc) is 3.71. The van der Waals surface area contributed by atoms with E-state index in [9.17, 15) is 14.3 Å². The second-order valence-corrected chi connectivity index (χ2v) is 13.4. The first-order valence-electron chi connectivity index (χ1n) is 13.0. The van der Waals surface area contributed by atoms with E-state index in [0.29, 0.717) is 29.7 Å². The summed E-state index contributed by atoms with van der Waals surface area (Å²) in [6.45, 7) is 0.0986. The zero-order valence-corrected chi connectivity index (χ0v) is 22.5. The van der Waals surface area contributed by atoms with Crippen LogP contribution in [0.1, 0.15) is 70.3 Å². The Labute approximate surface area is 222 Å². The third-order valence-corrected chi connectivity index (χ3v) is 10.9. The van der Waals surface area contributed by atoms with Crippen LogP contribution in [-0.4, -0.2) is 45.5 Å². The number of ether oxygens (including phenoxy) is 1. The predicted octanol–water partition coefficient (Wildman–Crippen LogP) is 5.17. The van der Waals surface area contributed by atoms with Crippen molar-refractivity contribution < 1.29 is 13.7 Å². The lowest BCUT2D eigenvalue weighted by Crippen LogP contribution is -2.17. The molecule has 0 spiro atoms. The highest BCUT2D eigenvalue weighted by atomic mass is 33.1. The van der Waals surface area contributed by atoms with E-state index in [1.807, 2.05) is 27.7 Å². The van der Waals surface area contributed by atoms with Crippen molar-refractivity contribution in [3.63, 3.8) is 0 Å². The molecule has 1 saturated heterocycles. The number of aromatic nitrogens is 5. The van der Waals surface area contributed by atoms with Gasteiger partial charge in [0.05, 0.1) is 40.3 Å². The Balaban J connectivity index is 1.19. The van der Waals surface area contributed by atoms with Crippen LogP contribution in [0.25, 0.3) is 22.3 Å². The summed E-state index contributed by atoms with van der Waals surface area (Å²) in [5, 5.41) is 15.3. The van der Waals surface area contributed by atoms with Crippen LogP contribution in [0, 0.1) is 17.2 Å². The minimum absolute atomic E-state index is 0.0866. The molecule has 1 saturated carbocycles. The lowest BCUT2D eigenvalue weighted by molar-refractivity contribution is -0.147. The number of hydrogen-bond donors (Lipinski definition) is 0. The molecule has 0 amide bonds. The fraction of sp³-hybridized carbons (Fsp3) is 0.577. The van der Waals surface area contributed by atoms with Gasteiger partial charge in [0.25, 0.3) is 0 Å². The van der Waals surface area contributed by atoms with E-state index in [1.54, 1.807) is 17.0 Å². The molecule has 3 atom stereocenters. The molecule has 4 heterocycles. The molecule has 3 aromatic heterocycles. The summed E-state index contributed by atoms with van der Waals surface area (Å²) in [5.74, 6) is 1.05. The van der Waals surface area contributed by atoms with Crippen LogP contribution in [0.2, 0.25) is 0 Å². The molecule has 9 nitrogen and oxygen atoms in total. The van der Waals surface area contributed by atoms with Crippen LogP contribution in [0.3, 0.4) is 0 Å². The molecule has 0 bridgehead atoms. The Bertz CT molecular complexity index is 1290. The Hall–Kier alpha value is -2.71. The number of carbonyl (C=O) groups is 1. The Morgan fingerprint density at radius 1 is 1.27 bits per heavy atom. The van der Waals surface area contributed by atoms with Crippen molar-refractivity contribution in [2.24, 2.45) is 5.92 Å². The number of rotatable bonds is 11. The number of fused-ring (bicyclic) bond motifs is 1. The summed E-state index contributed by atoms with van der Waals surface area (Å²) in [4.78, 5) is 21.2. The van der Waals surface area contributed by atoms with E-state index in [0.717, 1.165) is 60.9 Å². The van der Waals surface area contributed by atoms with Gasteiger partial charge in [0.15, 0.2) is 6.73 Å². The number of carbonyl (C=O) groups excluding carboxylic acids is 1. The van der Waals surface area contributed by atoms with E-state index >= 15 is 0 Å². The van der Waals surface area contributed by atoms with Gasteiger partial charge in [-0.15, -0.1) is 0 Å². The lowest BCUT2D eigenvalue weighted by atomic mass is 9.96. The Kier molecular flexibility index (Phi) is 8.56. The molecule has 2 aliphatic rings. The number of nitriles is 1. The molecule has 0 N–H and O–H groups in total. The highest BCUT2D eigenvalue weighted by Crippen LogP contribution is 2.37. The number of hydrogen-bond acceptors (Lipinski definition) is 8. The second-order valence-electron chi connectivity index (χ2n) is 9.83. The third kappa shape index (κ3) is 6.24. The molecule has 3 aromatic rings. The summed E-state index contributed by atoms with van der Waals surface area (Å²) in [6, 6.07) is 4.36. The van der Waals surface area contributed by atoms with Gasteiger partial charge >= 0.3 is 5.97 Å². The van der Waals surface area contributed by atoms with Gasteiger partial charge in [0, 0.05) is 40.8 Å². The van der Waals surface area contributed by atoms with E-state index in [4.69, 9.17) is 4.74 Å². The van der Waals surface area contributed by atoms with Crippen LogP contribution in [-0.2, 0) is 26.1 Å². The summed E-state index contributed by atoms with van der Waals surface area (Å²) in [6.07, 6.45) is 16.4. The molecule has 0 aromatic carbocycles. The standard InChI is InChI=1S/C26H32N6O3S2/c27-12-9-23(19-5-1-2-6-19)32-16-20(15-30-32)25-22-10-13-31(26(22)29-17-28-25)18-35-24(33)8-4-3-7-21-11-14-37(34)36-21/h10,13,15-17,19,21,23H,1-9,11,14,18H2/t21-,23?,37?/m1/s1. The first-order chi connectivity index (χ1) is 18.1. The van der Waals surface area contributed by atoms with E-state index in [1.165, 1.54) is 19.2 Å². The number of unbranched alkanes of at least 4 members (excludes halogenated alkanes) is 1. The van der Waals surface area contributed by atoms with E-state index in [2.05, 4.69) is 21.1 Å². The monoisotopic (exact) mass is 540 g/mol. The van der Waals surface area contributed by atoms with Crippen molar-refractivity contribution in [1.82, 2.24) is 24.3 Å². The summed E-state index contributed by atoms with van der Waals surface area (Å²) in [7, 11) is 0.846. The van der Waals surface area contributed by atoms with Crippen LogP contribution in [0.4, 0.5) is 0 Å². The molecule has 2 unspecified atom stereocenters. The first kappa shape index (κ1) is 25.9. The van der Waals surface area contributed by atoms with Crippen LogP contribution < -0.4 is 0 Å². The van der Waals surface area contributed by atoms with Crippen LogP contribution in [0.5, 0.6) is 0 Å². The molecular formula is C26H32N6O3S2. The second kappa shape index (κ2) is 12.2. The maximum Gasteiger partial charge on any atom is 0.307 e. The Morgan fingerprint density at radius 2 is 2.14 bits per heavy atom. The predicted molar refractivity (Wildman–Crippen MR) is 144 cm³/mol. The largest absolute Gasteiger partial charge is 0.444 e. The van der Waals surface area contributed by atoms with Gasteiger partial charge in [-0.2, -0.15) is 10.4 Å². The van der Waals surface area contributed by atoms with Gasteiger partial charge in [-0.3, -0.25) is 14.0 Å². The highest BCUT2D eigenvalue weighted by molar-refractivity contribution is 8.69. The van der Waals surface area contributed by atoms with Gasteiger partial charge in [-0.05, 0) is 44.1 Å². The van der Waals surface area contributed by atoms with Crippen molar-refractivity contribution >= 4 is 37.6 Å². The van der Waals surface area contributed by atoms with Crippen molar-refractivity contribution in [1.29, 1.82) is 5.26 Å². The molecule has 37 heavy (non-hydrogen) atoms. The van der Waals surface area contributed by atoms with E-state index < -0.39 is 9.83 Å². The van der Waals surface area contributed by atoms with Crippen LogP contribution >= 0.6 is 10.8 Å². The topological polar surface area (TPSA) is 116 Å². The summed E-state index contributed by atoms with van der Waals surface area (Å²) in [5.41, 5.74) is 2.35. The van der Waals surface area contributed by atoms with Crippen molar-refractivity contribution in [3.8, 4) is 17.3 Å². The van der Waals surface area contributed by atoms with Crippen LogP contribution in [0.15, 0.2) is 31.0 Å². The van der Waals surface area contributed by atoms with Gasteiger partial charge < -0.3 is 4.74 Å². The smallest absolute Gasteiger partial charge is 0.307 e. The zero-order valence-electron chi connectivity index (χ0n) is 20.8. The zero-order chi connectivity index (χ0) is 25.6. The van der Waals surface area contributed by atoms with Crippen molar-refractivity contribution in [3.05, 3.63) is 31.0 Å². The molecule has 196 valence electrons. The summed E-state index contributed by atoms with van der Waals surface area (Å²) < 4.78 is 20.7. The maximum atomic E-state index is 12.3. The molecule has 5 rings (SSSR count). The fourth-order valence-corrected chi connectivity index (χ4v) is 8.98. The Morgan fingerprint density at radius 3 is 2.92 bits per heavy atom. The fourth-order valence-electron chi connectivity index (χ4n) is 5.41. The molecule has 11 heteroatoms. The molecule has 1 aliphatic heterocycles. The normalized spacial score (nSPS) is 20.8. The average molecular weight is 541 g/mol. The maximum absolute atomic E-state index is 12.3. The van der Waals surface area contributed by atoms with Crippen molar-refractivity contribution in [2.45, 2.75) is 82.2 Å². The SMILES string of the molecule is N#CCC(C1CCCC1)n1cc(-c2ncnc3c2ccn3COC(=O)CCCC[C@@H]2CCS(=O)S2)cn1. The summed E-state index contributed by atoms with van der Waals surface area (Å²) >= 11 is 0. The quantitative estimate of drug-likeness (QED) is 0.186. The molecule has 2 fully saturated rings. The lowest BCUT2D eigenvalue weighted by Gasteiger charge is -2.21. The number of nitrogens with zero attached hydrogens (tertiary/aromatic N) is 6. The highest BCUT2D eigenvalue weighted by Gasteiger charge is 2.27. The minimum atomic E-state index is -0.720. The first-order valence-corrected chi connectivity index (χ1v) is 15.8. The molecule has 0 radical (unpaired) electrons.